The molecule has 0 saturated carbocycles. The highest BCUT2D eigenvalue weighted by Gasteiger charge is 2.24. The van der Waals surface area contributed by atoms with E-state index in [1.165, 1.54) is 17.5 Å². The number of ether oxygens (including phenoxy) is 2. The molecule has 2 aromatic carbocycles. The van der Waals surface area contributed by atoms with Gasteiger partial charge in [-0.1, -0.05) is 24.3 Å². The van der Waals surface area contributed by atoms with Gasteiger partial charge in [-0.25, -0.2) is 0 Å². The lowest BCUT2D eigenvalue weighted by molar-refractivity contribution is 0.0341. The van der Waals surface area contributed by atoms with Gasteiger partial charge in [0.25, 0.3) is 5.91 Å². The summed E-state index contributed by atoms with van der Waals surface area (Å²) in [6.07, 6.45) is 4.46. The molecule has 0 unspecified atom stereocenters. The quantitative estimate of drug-likeness (QED) is 0.615. The highest BCUT2D eigenvalue weighted by molar-refractivity contribution is 5.94. The van der Waals surface area contributed by atoms with Gasteiger partial charge in [0.1, 0.15) is 5.75 Å². The van der Waals surface area contributed by atoms with Gasteiger partial charge in [0.15, 0.2) is 0 Å². The van der Waals surface area contributed by atoms with Crippen LogP contribution in [0, 0.1) is 5.92 Å². The molecule has 0 bridgehead atoms. The molecule has 5 heteroatoms. The summed E-state index contributed by atoms with van der Waals surface area (Å²) in [5.41, 5.74) is 3.40. The summed E-state index contributed by atoms with van der Waals surface area (Å²) in [7, 11) is 0. The van der Waals surface area contributed by atoms with Crippen LogP contribution in [0.15, 0.2) is 48.5 Å². The first kappa shape index (κ1) is 22.8. The third-order valence-corrected chi connectivity index (χ3v) is 6.66. The normalized spacial score (nSPS) is 18.0. The number of benzene rings is 2. The summed E-state index contributed by atoms with van der Waals surface area (Å²) in [4.78, 5) is 17.5. The Balaban J connectivity index is 1.24. The third kappa shape index (κ3) is 6.33. The van der Waals surface area contributed by atoms with Crippen molar-refractivity contribution in [2.75, 3.05) is 46.0 Å². The number of piperidine rings is 1. The Morgan fingerprint density at radius 2 is 1.75 bits per heavy atom. The van der Waals surface area contributed by atoms with Crippen LogP contribution >= 0.6 is 0 Å². The zero-order valence-corrected chi connectivity index (χ0v) is 19.3. The lowest BCUT2D eigenvalue weighted by atomic mass is 9.90. The number of amides is 1. The Bertz CT molecular complexity index is 853. The molecule has 0 spiro atoms. The van der Waals surface area contributed by atoms with Crippen molar-refractivity contribution >= 4 is 5.91 Å². The average Bonchev–Trinajstić information content (AvgIpc) is 2.84. The number of morpholine rings is 1. The van der Waals surface area contributed by atoms with Crippen molar-refractivity contribution in [2.24, 2.45) is 5.92 Å². The van der Waals surface area contributed by atoms with E-state index in [0.717, 1.165) is 76.5 Å². The summed E-state index contributed by atoms with van der Waals surface area (Å²) in [6, 6.07) is 16.7. The van der Waals surface area contributed by atoms with Gasteiger partial charge in [0, 0.05) is 38.3 Å². The number of hydrogen-bond donors (Lipinski definition) is 0. The van der Waals surface area contributed by atoms with Crippen LogP contribution in [0.25, 0.3) is 0 Å². The second-order valence-electron chi connectivity index (χ2n) is 8.94. The summed E-state index contributed by atoms with van der Waals surface area (Å²) < 4.78 is 11.0. The van der Waals surface area contributed by atoms with E-state index in [9.17, 15) is 4.79 Å². The Labute approximate surface area is 192 Å². The highest BCUT2D eigenvalue weighted by atomic mass is 16.5. The minimum Gasteiger partial charge on any atom is -0.494 e. The number of hydrogen-bond acceptors (Lipinski definition) is 4. The van der Waals surface area contributed by atoms with Crippen LogP contribution < -0.4 is 4.74 Å². The average molecular weight is 437 g/mol. The summed E-state index contributed by atoms with van der Waals surface area (Å²) in [6.45, 7) is 8.84. The zero-order valence-electron chi connectivity index (χ0n) is 19.3. The molecule has 0 atom stereocenters. The highest BCUT2D eigenvalue weighted by Crippen LogP contribution is 2.24. The summed E-state index contributed by atoms with van der Waals surface area (Å²) >= 11 is 0. The molecule has 2 heterocycles. The van der Waals surface area contributed by atoms with E-state index in [1.54, 1.807) is 0 Å². The van der Waals surface area contributed by atoms with Crippen LogP contribution in [0.4, 0.5) is 0 Å². The summed E-state index contributed by atoms with van der Waals surface area (Å²) in [5.74, 6) is 1.81. The van der Waals surface area contributed by atoms with Crippen LogP contribution in [0.5, 0.6) is 5.75 Å². The molecule has 2 aliphatic rings. The van der Waals surface area contributed by atoms with Gasteiger partial charge in [-0.15, -0.1) is 0 Å². The van der Waals surface area contributed by atoms with E-state index in [4.69, 9.17) is 9.47 Å². The van der Waals surface area contributed by atoms with Crippen LogP contribution in [-0.4, -0.2) is 61.7 Å². The van der Waals surface area contributed by atoms with Gasteiger partial charge >= 0.3 is 0 Å². The molecule has 32 heavy (non-hydrogen) atoms. The Morgan fingerprint density at radius 1 is 1.00 bits per heavy atom. The van der Waals surface area contributed by atoms with Crippen molar-refractivity contribution < 1.29 is 14.3 Å². The van der Waals surface area contributed by atoms with E-state index >= 15 is 0 Å². The lowest BCUT2D eigenvalue weighted by Crippen LogP contribution is -2.38. The maximum atomic E-state index is 13.1. The molecular formula is C27H36N2O3. The number of rotatable bonds is 8. The smallest absolute Gasteiger partial charge is 0.253 e. The molecular weight excluding hydrogens is 400 g/mol. The van der Waals surface area contributed by atoms with Crippen LogP contribution in [0.1, 0.15) is 47.7 Å². The molecule has 0 aliphatic carbocycles. The SMILES string of the molecule is CCOc1ccc(CCC2CCN(C(=O)c3cccc(CN4CCOCC4)c3)CC2)cc1. The molecule has 0 aromatic heterocycles. The van der Waals surface area contributed by atoms with Crippen molar-refractivity contribution in [3.05, 3.63) is 65.2 Å². The van der Waals surface area contributed by atoms with Crippen molar-refractivity contribution in [3.63, 3.8) is 0 Å². The van der Waals surface area contributed by atoms with E-state index in [1.807, 2.05) is 24.0 Å². The fourth-order valence-corrected chi connectivity index (χ4v) is 4.72. The maximum Gasteiger partial charge on any atom is 0.253 e. The number of carbonyl (C=O) groups excluding carboxylic acids is 1. The fraction of sp³-hybridized carbons (Fsp3) is 0.519. The molecule has 2 saturated heterocycles. The van der Waals surface area contributed by atoms with E-state index in [0.29, 0.717) is 12.5 Å². The van der Waals surface area contributed by atoms with Gasteiger partial charge in [-0.05, 0) is 73.9 Å². The number of carbonyl (C=O) groups is 1. The minimum atomic E-state index is 0.179. The van der Waals surface area contributed by atoms with Gasteiger partial charge in [-0.2, -0.15) is 0 Å². The molecule has 1 amide bonds. The van der Waals surface area contributed by atoms with Crippen LogP contribution in [-0.2, 0) is 17.7 Å². The second kappa shape index (κ2) is 11.5. The fourth-order valence-electron chi connectivity index (χ4n) is 4.72. The number of aryl methyl sites for hydroxylation is 1. The first-order valence-electron chi connectivity index (χ1n) is 12.1. The van der Waals surface area contributed by atoms with Gasteiger partial charge in [-0.3, -0.25) is 9.69 Å². The van der Waals surface area contributed by atoms with E-state index in [-0.39, 0.29) is 5.91 Å². The molecule has 0 radical (unpaired) electrons. The third-order valence-electron chi connectivity index (χ3n) is 6.66. The predicted octanol–water partition coefficient (Wildman–Crippen LogP) is 4.40. The van der Waals surface area contributed by atoms with Gasteiger partial charge in [0.2, 0.25) is 0 Å². The van der Waals surface area contributed by atoms with Crippen molar-refractivity contribution in [1.29, 1.82) is 0 Å². The van der Waals surface area contributed by atoms with E-state index in [2.05, 4.69) is 41.3 Å². The Hall–Kier alpha value is -2.37. The first-order chi connectivity index (χ1) is 15.7. The molecule has 0 N–H and O–H groups in total. The largest absolute Gasteiger partial charge is 0.494 e. The minimum absolute atomic E-state index is 0.179. The Kier molecular flexibility index (Phi) is 8.18. The Morgan fingerprint density at radius 3 is 2.47 bits per heavy atom. The van der Waals surface area contributed by atoms with Crippen molar-refractivity contribution in [1.82, 2.24) is 9.80 Å². The number of likely N-dealkylation sites (tertiary alicyclic amines) is 1. The molecule has 2 aliphatic heterocycles. The van der Waals surface area contributed by atoms with E-state index < -0.39 is 0 Å². The predicted molar refractivity (Wildman–Crippen MR) is 127 cm³/mol. The van der Waals surface area contributed by atoms with Crippen LogP contribution in [0.3, 0.4) is 0 Å². The van der Waals surface area contributed by atoms with Gasteiger partial charge < -0.3 is 14.4 Å². The summed E-state index contributed by atoms with van der Waals surface area (Å²) in [5, 5.41) is 0. The molecule has 2 aromatic rings. The zero-order chi connectivity index (χ0) is 22.2. The van der Waals surface area contributed by atoms with Crippen molar-refractivity contribution in [3.8, 4) is 5.75 Å². The monoisotopic (exact) mass is 436 g/mol. The molecule has 2 fully saturated rings. The standard InChI is InChI=1S/C27H36N2O3/c1-2-32-26-10-8-22(9-11-26)6-7-23-12-14-29(15-13-23)27(30)25-5-3-4-24(20-25)21-28-16-18-31-19-17-28/h3-5,8-11,20,23H,2,6-7,12-19,21H2,1H3. The van der Waals surface area contributed by atoms with Crippen LogP contribution in [0.2, 0.25) is 0 Å². The van der Waals surface area contributed by atoms with Gasteiger partial charge in [0.05, 0.1) is 19.8 Å². The molecule has 4 rings (SSSR count). The molecule has 172 valence electrons. The number of nitrogens with zero attached hydrogens (tertiary/aromatic N) is 2. The van der Waals surface area contributed by atoms with Crippen molar-refractivity contribution in [2.45, 2.75) is 39.2 Å². The maximum absolute atomic E-state index is 13.1. The topological polar surface area (TPSA) is 42.0 Å². The molecule has 5 nitrogen and oxygen atoms in total. The first-order valence-corrected chi connectivity index (χ1v) is 12.1. The lowest BCUT2D eigenvalue weighted by Gasteiger charge is -2.32. The second-order valence-corrected chi connectivity index (χ2v) is 8.94.